The van der Waals surface area contributed by atoms with Gasteiger partial charge >= 0.3 is 0 Å². The van der Waals surface area contributed by atoms with E-state index >= 15 is 0 Å². The van der Waals surface area contributed by atoms with Gasteiger partial charge in [0.25, 0.3) is 0 Å². The molecule has 0 spiro atoms. The molecule has 2 N–H and O–H groups in total. The van der Waals surface area contributed by atoms with E-state index in [4.69, 9.17) is 11.6 Å². The molecule has 0 amide bonds. The summed E-state index contributed by atoms with van der Waals surface area (Å²) < 4.78 is 26.8. The molecule has 1 rings (SSSR count). The van der Waals surface area contributed by atoms with Crippen LogP contribution in [0.25, 0.3) is 0 Å². The maximum absolute atomic E-state index is 12.2. The number of hydrogen-bond acceptors (Lipinski definition) is 3. The van der Waals surface area contributed by atoms with Crippen LogP contribution in [0.1, 0.15) is 20.8 Å². The minimum Gasteiger partial charge on any atom is -0.394 e. The van der Waals surface area contributed by atoms with Crippen molar-refractivity contribution in [3.63, 3.8) is 0 Å². The molecular weight excluding hydrogens is 274 g/mol. The molecule has 102 valence electrons. The highest BCUT2D eigenvalue weighted by atomic mass is 35.5. The van der Waals surface area contributed by atoms with Crippen molar-refractivity contribution in [3.8, 4) is 0 Å². The third-order valence-electron chi connectivity index (χ3n) is 3.09. The van der Waals surface area contributed by atoms with Crippen LogP contribution in [0.2, 0.25) is 5.02 Å². The lowest BCUT2D eigenvalue weighted by Crippen LogP contribution is -2.52. The smallest absolute Gasteiger partial charge is 0.241 e. The Kier molecular flexibility index (Phi) is 4.78. The number of aliphatic hydroxyl groups excluding tert-OH is 1. The summed E-state index contributed by atoms with van der Waals surface area (Å²) in [7, 11) is -3.66. The summed E-state index contributed by atoms with van der Waals surface area (Å²) >= 11 is 5.72. The molecule has 6 heteroatoms. The lowest BCUT2D eigenvalue weighted by molar-refractivity contribution is 0.154. The Morgan fingerprint density at radius 3 is 2.22 bits per heavy atom. The molecule has 0 aliphatic heterocycles. The number of nitrogens with one attached hydrogen (secondary N) is 1. The predicted octanol–water partition coefficient (Wildman–Crippen LogP) is 2.03. The third kappa shape index (κ3) is 3.45. The number of rotatable bonds is 5. The van der Waals surface area contributed by atoms with Crippen LogP contribution in [0.5, 0.6) is 0 Å². The Morgan fingerprint density at radius 1 is 1.33 bits per heavy atom. The van der Waals surface area contributed by atoms with Gasteiger partial charge in [-0.15, -0.1) is 0 Å². The van der Waals surface area contributed by atoms with E-state index in [0.29, 0.717) is 5.02 Å². The first-order valence-corrected chi connectivity index (χ1v) is 7.48. The summed E-state index contributed by atoms with van der Waals surface area (Å²) in [5.74, 6) is -0.0374. The van der Waals surface area contributed by atoms with Crippen LogP contribution < -0.4 is 4.72 Å². The molecule has 0 unspecified atom stereocenters. The molecule has 0 fully saturated rings. The molecular formula is C12H18ClNO3S. The molecule has 0 saturated carbocycles. The number of hydrogen-bond donors (Lipinski definition) is 2. The Balaban J connectivity index is 3.05. The van der Waals surface area contributed by atoms with Crippen molar-refractivity contribution in [1.82, 2.24) is 4.72 Å². The number of sulfonamides is 1. The summed E-state index contributed by atoms with van der Waals surface area (Å²) in [6, 6.07) is 5.90. The second-order valence-electron chi connectivity index (χ2n) is 4.79. The summed E-state index contributed by atoms with van der Waals surface area (Å²) in [5.41, 5.74) is -0.890. The fourth-order valence-corrected chi connectivity index (χ4v) is 2.96. The maximum atomic E-state index is 12.2. The second-order valence-corrected chi connectivity index (χ2v) is 6.91. The topological polar surface area (TPSA) is 66.4 Å². The molecule has 0 aliphatic rings. The molecule has 4 nitrogen and oxygen atoms in total. The van der Waals surface area contributed by atoms with E-state index in [2.05, 4.69) is 4.72 Å². The van der Waals surface area contributed by atoms with Crippen molar-refractivity contribution >= 4 is 21.6 Å². The molecule has 1 atom stereocenters. The summed E-state index contributed by atoms with van der Waals surface area (Å²) in [4.78, 5) is 0.132. The van der Waals surface area contributed by atoms with E-state index in [1.54, 1.807) is 6.92 Å². The SMILES string of the molecule is CC(C)[C@@](C)(CO)NS(=O)(=O)c1ccc(Cl)cc1. The van der Waals surface area contributed by atoms with Crippen LogP contribution in [-0.4, -0.2) is 25.7 Å². The minimum atomic E-state index is -3.66. The van der Waals surface area contributed by atoms with Gasteiger partial charge in [0.1, 0.15) is 0 Å². The van der Waals surface area contributed by atoms with Gasteiger partial charge < -0.3 is 5.11 Å². The highest BCUT2D eigenvalue weighted by Crippen LogP contribution is 2.21. The van der Waals surface area contributed by atoms with E-state index in [1.807, 2.05) is 13.8 Å². The average molecular weight is 292 g/mol. The van der Waals surface area contributed by atoms with E-state index in [9.17, 15) is 13.5 Å². The van der Waals surface area contributed by atoms with Crippen LogP contribution in [0.3, 0.4) is 0 Å². The van der Waals surface area contributed by atoms with Crippen LogP contribution in [0, 0.1) is 5.92 Å². The first-order valence-electron chi connectivity index (χ1n) is 5.62. The quantitative estimate of drug-likeness (QED) is 0.872. The van der Waals surface area contributed by atoms with Crippen molar-refractivity contribution < 1.29 is 13.5 Å². The van der Waals surface area contributed by atoms with Gasteiger partial charge in [-0.05, 0) is 37.1 Å². The van der Waals surface area contributed by atoms with Crippen molar-refractivity contribution in [1.29, 1.82) is 0 Å². The van der Waals surface area contributed by atoms with Crippen LogP contribution in [-0.2, 0) is 10.0 Å². The lowest BCUT2D eigenvalue weighted by atomic mass is 9.91. The van der Waals surface area contributed by atoms with Crippen molar-refractivity contribution in [2.75, 3.05) is 6.61 Å². The fourth-order valence-electron chi connectivity index (χ4n) is 1.31. The van der Waals surface area contributed by atoms with Gasteiger partial charge in [0.2, 0.25) is 10.0 Å². The Morgan fingerprint density at radius 2 is 1.83 bits per heavy atom. The molecule has 0 aliphatic carbocycles. The number of aliphatic hydroxyl groups is 1. The van der Waals surface area contributed by atoms with Crippen molar-refractivity contribution in [2.24, 2.45) is 5.92 Å². The summed E-state index contributed by atoms with van der Waals surface area (Å²) in [6.45, 7) is 5.10. The van der Waals surface area contributed by atoms with Gasteiger partial charge in [-0.3, -0.25) is 0 Å². The van der Waals surface area contributed by atoms with Crippen LogP contribution in [0.4, 0.5) is 0 Å². The molecule has 0 bridgehead atoms. The van der Waals surface area contributed by atoms with Gasteiger partial charge in [0.15, 0.2) is 0 Å². The van der Waals surface area contributed by atoms with Gasteiger partial charge in [-0.25, -0.2) is 13.1 Å². The molecule has 1 aromatic carbocycles. The normalized spacial score (nSPS) is 15.7. The zero-order valence-corrected chi connectivity index (χ0v) is 12.2. The molecule has 0 radical (unpaired) electrons. The minimum absolute atomic E-state index is 0.0374. The van der Waals surface area contributed by atoms with Gasteiger partial charge in [-0.1, -0.05) is 25.4 Å². The van der Waals surface area contributed by atoms with E-state index in [-0.39, 0.29) is 17.4 Å². The van der Waals surface area contributed by atoms with Gasteiger partial charge in [0, 0.05) is 5.02 Å². The van der Waals surface area contributed by atoms with Crippen LogP contribution in [0.15, 0.2) is 29.2 Å². The molecule has 0 heterocycles. The first kappa shape index (κ1) is 15.4. The van der Waals surface area contributed by atoms with E-state index in [1.165, 1.54) is 24.3 Å². The van der Waals surface area contributed by atoms with Gasteiger partial charge in [0.05, 0.1) is 17.0 Å². The highest BCUT2D eigenvalue weighted by Gasteiger charge is 2.33. The predicted molar refractivity (Wildman–Crippen MR) is 72.1 cm³/mol. The monoisotopic (exact) mass is 291 g/mol. The maximum Gasteiger partial charge on any atom is 0.241 e. The second kappa shape index (κ2) is 5.57. The van der Waals surface area contributed by atoms with Crippen LogP contribution >= 0.6 is 11.6 Å². The lowest BCUT2D eigenvalue weighted by Gasteiger charge is -2.32. The summed E-state index contributed by atoms with van der Waals surface area (Å²) in [5, 5.41) is 9.84. The molecule has 0 saturated heterocycles. The van der Waals surface area contributed by atoms with Gasteiger partial charge in [-0.2, -0.15) is 0 Å². The highest BCUT2D eigenvalue weighted by molar-refractivity contribution is 7.89. The zero-order valence-electron chi connectivity index (χ0n) is 10.6. The number of halogens is 1. The zero-order chi connectivity index (χ0) is 14.0. The average Bonchev–Trinajstić information content (AvgIpc) is 2.28. The van der Waals surface area contributed by atoms with Crippen molar-refractivity contribution in [2.45, 2.75) is 31.2 Å². The Bertz CT molecular complexity index is 499. The van der Waals surface area contributed by atoms with E-state index in [0.717, 1.165) is 0 Å². The largest absolute Gasteiger partial charge is 0.394 e. The Labute approximate surface area is 113 Å². The van der Waals surface area contributed by atoms with E-state index < -0.39 is 15.6 Å². The fraction of sp³-hybridized carbons (Fsp3) is 0.500. The molecule has 1 aromatic rings. The summed E-state index contributed by atoms with van der Waals surface area (Å²) in [6.07, 6.45) is 0. The molecule has 18 heavy (non-hydrogen) atoms. The Hall–Kier alpha value is -0.620. The number of benzene rings is 1. The molecule has 0 aromatic heterocycles. The first-order chi connectivity index (χ1) is 8.21. The van der Waals surface area contributed by atoms with Crippen molar-refractivity contribution in [3.05, 3.63) is 29.3 Å². The third-order valence-corrected chi connectivity index (χ3v) is 4.97. The standard InChI is InChI=1S/C12H18ClNO3S/c1-9(2)12(3,8-15)14-18(16,17)11-6-4-10(13)5-7-11/h4-7,9,14-15H,8H2,1-3H3/t12-/m1/s1.